The summed E-state index contributed by atoms with van der Waals surface area (Å²) in [6.45, 7) is 2.78. The molecular weight excluding hydrogens is 254 g/mol. The van der Waals surface area contributed by atoms with Crippen molar-refractivity contribution in [3.8, 4) is 0 Å². The van der Waals surface area contributed by atoms with Crippen molar-refractivity contribution in [3.63, 3.8) is 0 Å². The number of aliphatic hydroxyl groups is 1. The van der Waals surface area contributed by atoms with Crippen molar-refractivity contribution in [1.82, 2.24) is 4.90 Å². The van der Waals surface area contributed by atoms with Crippen molar-refractivity contribution >= 4 is 17.3 Å². The number of amides is 1. The first-order chi connectivity index (χ1) is 9.63. The Hall–Kier alpha value is -1.59. The molecule has 5 heteroatoms. The van der Waals surface area contributed by atoms with Crippen LogP contribution in [-0.4, -0.2) is 41.7 Å². The lowest BCUT2D eigenvalue weighted by Gasteiger charge is -2.29. The highest BCUT2D eigenvalue weighted by molar-refractivity contribution is 5.90. The van der Waals surface area contributed by atoms with Gasteiger partial charge in [0.1, 0.15) is 0 Å². The van der Waals surface area contributed by atoms with E-state index in [1.165, 1.54) is 0 Å². The zero-order valence-corrected chi connectivity index (χ0v) is 11.7. The predicted molar refractivity (Wildman–Crippen MR) is 80.4 cm³/mol. The number of carbonyl (C=O) groups is 1. The van der Waals surface area contributed by atoms with Crippen molar-refractivity contribution in [2.75, 3.05) is 30.7 Å². The van der Waals surface area contributed by atoms with Gasteiger partial charge in [-0.05, 0) is 50.1 Å². The van der Waals surface area contributed by atoms with E-state index in [4.69, 9.17) is 5.73 Å². The van der Waals surface area contributed by atoms with E-state index < -0.39 is 0 Å². The van der Waals surface area contributed by atoms with Gasteiger partial charge in [0.15, 0.2) is 0 Å². The van der Waals surface area contributed by atoms with Gasteiger partial charge in [-0.1, -0.05) is 0 Å². The van der Waals surface area contributed by atoms with E-state index in [1.807, 2.05) is 0 Å². The SMILES string of the molecule is Nc1ccc(NC(=O)CCCN2CCC(O)CC2)cc1. The van der Waals surface area contributed by atoms with E-state index >= 15 is 0 Å². The first-order valence-electron chi connectivity index (χ1n) is 7.19. The van der Waals surface area contributed by atoms with Crippen LogP contribution in [0.15, 0.2) is 24.3 Å². The third-order valence-electron chi connectivity index (χ3n) is 3.63. The molecule has 1 aliphatic rings. The Morgan fingerprint density at radius 2 is 1.95 bits per heavy atom. The van der Waals surface area contributed by atoms with E-state index in [0.717, 1.165) is 44.6 Å². The molecule has 1 heterocycles. The number of hydrogen-bond acceptors (Lipinski definition) is 4. The maximum Gasteiger partial charge on any atom is 0.224 e. The molecule has 0 bridgehead atoms. The van der Waals surface area contributed by atoms with Gasteiger partial charge in [-0.25, -0.2) is 0 Å². The van der Waals surface area contributed by atoms with Crippen LogP contribution in [0.5, 0.6) is 0 Å². The van der Waals surface area contributed by atoms with Crippen LogP contribution in [-0.2, 0) is 4.79 Å². The highest BCUT2D eigenvalue weighted by atomic mass is 16.3. The number of anilines is 2. The molecule has 5 nitrogen and oxygen atoms in total. The summed E-state index contributed by atoms with van der Waals surface area (Å²) in [5, 5.41) is 12.3. The Balaban J connectivity index is 1.64. The monoisotopic (exact) mass is 277 g/mol. The number of hydrogen-bond donors (Lipinski definition) is 3. The standard InChI is InChI=1S/C15H23N3O2/c16-12-3-5-13(6-4-12)17-15(20)2-1-9-18-10-7-14(19)8-11-18/h3-6,14,19H,1-2,7-11,16H2,(H,17,20). The molecule has 110 valence electrons. The molecule has 2 rings (SSSR count). The summed E-state index contributed by atoms with van der Waals surface area (Å²) in [6, 6.07) is 7.15. The molecule has 1 saturated heterocycles. The molecule has 0 aromatic heterocycles. The van der Waals surface area contributed by atoms with E-state index in [0.29, 0.717) is 12.1 Å². The number of nitrogens with two attached hydrogens (primary N) is 1. The Labute approximate surface area is 119 Å². The molecule has 0 saturated carbocycles. The number of nitrogen functional groups attached to an aromatic ring is 1. The molecule has 1 aliphatic heterocycles. The van der Waals surface area contributed by atoms with Crippen LogP contribution in [0.4, 0.5) is 11.4 Å². The summed E-state index contributed by atoms with van der Waals surface area (Å²) in [4.78, 5) is 14.1. The van der Waals surface area contributed by atoms with Crippen molar-refractivity contribution in [3.05, 3.63) is 24.3 Å². The fourth-order valence-electron chi connectivity index (χ4n) is 2.40. The number of likely N-dealkylation sites (tertiary alicyclic amines) is 1. The maximum absolute atomic E-state index is 11.8. The summed E-state index contributed by atoms with van der Waals surface area (Å²) < 4.78 is 0. The van der Waals surface area contributed by atoms with E-state index in [9.17, 15) is 9.90 Å². The number of piperidine rings is 1. The van der Waals surface area contributed by atoms with Gasteiger partial charge in [-0.2, -0.15) is 0 Å². The molecule has 0 spiro atoms. The average Bonchev–Trinajstić information content (AvgIpc) is 2.44. The summed E-state index contributed by atoms with van der Waals surface area (Å²) in [6.07, 6.45) is 2.91. The molecule has 0 radical (unpaired) electrons. The number of aliphatic hydroxyl groups excluding tert-OH is 1. The Morgan fingerprint density at radius 3 is 2.60 bits per heavy atom. The van der Waals surface area contributed by atoms with Gasteiger partial charge in [0.25, 0.3) is 0 Å². The molecule has 0 aliphatic carbocycles. The van der Waals surface area contributed by atoms with E-state index in [1.54, 1.807) is 24.3 Å². The van der Waals surface area contributed by atoms with Gasteiger partial charge in [-0.3, -0.25) is 4.79 Å². The third kappa shape index (κ3) is 4.83. The fourth-order valence-corrected chi connectivity index (χ4v) is 2.40. The van der Waals surface area contributed by atoms with Gasteiger partial charge in [0.05, 0.1) is 6.10 Å². The molecule has 1 amide bonds. The second-order valence-electron chi connectivity index (χ2n) is 5.35. The largest absolute Gasteiger partial charge is 0.399 e. The number of benzene rings is 1. The second-order valence-corrected chi connectivity index (χ2v) is 5.35. The topological polar surface area (TPSA) is 78.6 Å². The average molecular weight is 277 g/mol. The van der Waals surface area contributed by atoms with Crippen molar-refractivity contribution in [2.24, 2.45) is 0 Å². The van der Waals surface area contributed by atoms with Crippen LogP contribution in [0.1, 0.15) is 25.7 Å². The minimum Gasteiger partial charge on any atom is -0.399 e. The van der Waals surface area contributed by atoms with Crippen LogP contribution in [0, 0.1) is 0 Å². The second kappa shape index (κ2) is 7.26. The molecule has 4 N–H and O–H groups in total. The highest BCUT2D eigenvalue weighted by Gasteiger charge is 2.16. The summed E-state index contributed by atoms with van der Waals surface area (Å²) in [7, 11) is 0. The van der Waals surface area contributed by atoms with Gasteiger partial charge in [0, 0.05) is 30.9 Å². The van der Waals surface area contributed by atoms with Crippen molar-refractivity contribution < 1.29 is 9.90 Å². The van der Waals surface area contributed by atoms with Crippen LogP contribution in [0.2, 0.25) is 0 Å². The Morgan fingerprint density at radius 1 is 1.30 bits per heavy atom. The molecule has 1 aromatic rings. The van der Waals surface area contributed by atoms with Gasteiger partial charge < -0.3 is 21.1 Å². The zero-order chi connectivity index (χ0) is 14.4. The number of nitrogens with one attached hydrogen (secondary N) is 1. The number of rotatable bonds is 5. The first kappa shape index (κ1) is 14.8. The van der Waals surface area contributed by atoms with Gasteiger partial charge in [0.2, 0.25) is 5.91 Å². The molecular formula is C15H23N3O2. The normalized spacial score (nSPS) is 17.1. The molecule has 1 fully saturated rings. The molecule has 1 aromatic carbocycles. The lowest BCUT2D eigenvalue weighted by molar-refractivity contribution is -0.116. The number of nitrogens with zero attached hydrogens (tertiary/aromatic N) is 1. The van der Waals surface area contributed by atoms with Crippen LogP contribution < -0.4 is 11.1 Å². The Kier molecular flexibility index (Phi) is 5.38. The van der Waals surface area contributed by atoms with E-state index in [-0.39, 0.29) is 12.0 Å². The van der Waals surface area contributed by atoms with E-state index in [2.05, 4.69) is 10.2 Å². The minimum absolute atomic E-state index is 0.0341. The minimum atomic E-state index is -0.139. The van der Waals surface area contributed by atoms with Gasteiger partial charge >= 0.3 is 0 Å². The molecule has 0 atom stereocenters. The summed E-state index contributed by atoms with van der Waals surface area (Å²) in [5.74, 6) is 0.0341. The lowest BCUT2D eigenvalue weighted by atomic mass is 10.1. The third-order valence-corrected chi connectivity index (χ3v) is 3.63. The predicted octanol–water partition coefficient (Wildman–Crippen LogP) is 1.44. The zero-order valence-electron chi connectivity index (χ0n) is 11.7. The quantitative estimate of drug-likeness (QED) is 0.712. The fraction of sp³-hybridized carbons (Fsp3) is 0.533. The summed E-state index contributed by atoms with van der Waals surface area (Å²) in [5.41, 5.74) is 7.07. The first-order valence-corrected chi connectivity index (χ1v) is 7.19. The van der Waals surface area contributed by atoms with Crippen molar-refractivity contribution in [2.45, 2.75) is 31.8 Å². The van der Waals surface area contributed by atoms with Crippen LogP contribution in [0.25, 0.3) is 0 Å². The van der Waals surface area contributed by atoms with Crippen molar-refractivity contribution in [1.29, 1.82) is 0 Å². The number of carbonyl (C=O) groups excluding carboxylic acids is 1. The lowest BCUT2D eigenvalue weighted by Crippen LogP contribution is -2.36. The molecule has 0 unspecified atom stereocenters. The molecule has 20 heavy (non-hydrogen) atoms. The van der Waals surface area contributed by atoms with Gasteiger partial charge in [-0.15, -0.1) is 0 Å². The van der Waals surface area contributed by atoms with Crippen LogP contribution in [0.3, 0.4) is 0 Å². The smallest absolute Gasteiger partial charge is 0.224 e. The Bertz CT molecular complexity index is 425. The maximum atomic E-state index is 11.8. The van der Waals surface area contributed by atoms with Crippen LogP contribution >= 0.6 is 0 Å². The highest BCUT2D eigenvalue weighted by Crippen LogP contribution is 2.12. The summed E-state index contributed by atoms with van der Waals surface area (Å²) >= 11 is 0.